The molecule has 1 aromatic rings. The van der Waals surface area contributed by atoms with Crippen LogP contribution in [0.3, 0.4) is 0 Å². The molecule has 2 heteroatoms. The van der Waals surface area contributed by atoms with E-state index in [1.807, 2.05) is 30.3 Å². The molecule has 1 rings (SSSR count). The van der Waals surface area contributed by atoms with Crippen molar-refractivity contribution in [3.05, 3.63) is 40.6 Å². The van der Waals surface area contributed by atoms with Gasteiger partial charge in [-0.15, -0.1) is 0 Å². The monoisotopic (exact) mass is 212 g/mol. The number of hydrogen-bond donors (Lipinski definition) is 0. The van der Waals surface area contributed by atoms with Crippen LogP contribution >= 0.6 is 15.9 Å². The van der Waals surface area contributed by atoms with E-state index in [4.69, 9.17) is 4.74 Å². The summed E-state index contributed by atoms with van der Waals surface area (Å²) in [6.45, 7) is 0. The summed E-state index contributed by atoms with van der Waals surface area (Å²) in [5, 5.41) is 0. The molecular formula is C9H9BrO. The molecule has 0 saturated heterocycles. The fourth-order valence-electron chi connectivity index (χ4n) is 0.721. The van der Waals surface area contributed by atoms with Crippen molar-refractivity contribution in [2.75, 3.05) is 7.11 Å². The van der Waals surface area contributed by atoms with Crippen LogP contribution in [0.4, 0.5) is 0 Å². The lowest BCUT2D eigenvalue weighted by atomic mass is 10.2. The second kappa shape index (κ2) is 4.19. The predicted octanol–water partition coefficient (Wildman–Crippen LogP) is 3.07. The van der Waals surface area contributed by atoms with Crippen LogP contribution in [0.5, 0.6) is 0 Å². The number of hydrogen-bond acceptors (Lipinski definition) is 1. The van der Waals surface area contributed by atoms with Crippen molar-refractivity contribution in [1.29, 1.82) is 0 Å². The second-order valence-electron chi connectivity index (χ2n) is 2.09. The van der Waals surface area contributed by atoms with Gasteiger partial charge in [0, 0.05) is 4.47 Å². The summed E-state index contributed by atoms with van der Waals surface area (Å²) in [5.41, 5.74) is 1.13. The Balaban J connectivity index is 2.73. The van der Waals surface area contributed by atoms with Crippen LogP contribution in [0.1, 0.15) is 5.56 Å². The van der Waals surface area contributed by atoms with Gasteiger partial charge >= 0.3 is 0 Å². The van der Waals surface area contributed by atoms with E-state index in [1.165, 1.54) is 0 Å². The first-order valence-corrected chi connectivity index (χ1v) is 4.07. The van der Waals surface area contributed by atoms with Gasteiger partial charge in [-0.3, -0.25) is 0 Å². The SMILES string of the molecule is CO/C=C/c1ccc(Br)cc1. The summed E-state index contributed by atoms with van der Waals surface area (Å²) in [4.78, 5) is 0. The molecule has 58 valence electrons. The standard InChI is InChI=1S/C9H9BrO/c1-11-7-6-8-2-4-9(10)5-3-8/h2-7H,1H3/b7-6+. The highest BCUT2D eigenvalue weighted by Gasteiger charge is 1.85. The number of ether oxygens (including phenoxy) is 1. The van der Waals surface area contributed by atoms with E-state index in [-0.39, 0.29) is 0 Å². The molecule has 0 amide bonds. The summed E-state index contributed by atoms with van der Waals surface area (Å²) >= 11 is 3.36. The maximum Gasteiger partial charge on any atom is 0.0830 e. The third kappa shape index (κ3) is 2.76. The van der Waals surface area contributed by atoms with Crippen LogP contribution in [-0.4, -0.2) is 7.11 Å². The Kier molecular flexibility index (Phi) is 3.17. The molecule has 0 aromatic heterocycles. The Morgan fingerprint density at radius 1 is 1.27 bits per heavy atom. The van der Waals surface area contributed by atoms with Gasteiger partial charge in [0.1, 0.15) is 0 Å². The number of methoxy groups -OCH3 is 1. The van der Waals surface area contributed by atoms with E-state index >= 15 is 0 Å². The van der Waals surface area contributed by atoms with E-state index in [2.05, 4.69) is 15.9 Å². The molecule has 0 heterocycles. The summed E-state index contributed by atoms with van der Waals surface area (Å²) < 4.78 is 5.87. The van der Waals surface area contributed by atoms with Gasteiger partial charge in [-0.1, -0.05) is 28.1 Å². The molecular weight excluding hydrogens is 204 g/mol. The van der Waals surface area contributed by atoms with Gasteiger partial charge in [0.15, 0.2) is 0 Å². The highest BCUT2D eigenvalue weighted by Crippen LogP contribution is 2.11. The van der Waals surface area contributed by atoms with Crippen LogP contribution in [-0.2, 0) is 4.74 Å². The lowest BCUT2D eigenvalue weighted by Crippen LogP contribution is -1.71. The second-order valence-corrected chi connectivity index (χ2v) is 3.01. The van der Waals surface area contributed by atoms with E-state index in [9.17, 15) is 0 Å². The normalized spacial score (nSPS) is 10.4. The highest BCUT2D eigenvalue weighted by atomic mass is 79.9. The van der Waals surface area contributed by atoms with Crippen LogP contribution in [0.15, 0.2) is 35.0 Å². The predicted molar refractivity (Wildman–Crippen MR) is 50.2 cm³/mol. The molecule has 0 saturated carbocycles. The van der Waals surface area contributed by atoms with E-state index in [0.29, 0.717) is 0 Å². The Labute approximate surface area is 74.8 Å². The maximum absolute atomic E-state index is 4.78. The fraction of sp³-hybridized carbons (Fsp3) is 0.111. The minimum atomic E-state index is 1.09. The topological polar surface area (TPSA) is 9.23 Å². The van der Waals surface area contributed by atoms with Crippen LogP contribution in [0.2, 0.25) is 0 Å². The zero-order chi connectivity index (χ0) is 8.10. The largest absolute Gasteiger partial charge is 0.504 e. The maximum atomic E-state index is 4.78. The van der Waals surface area contributed by atoms with E-state index in [0.717, 1.165) is 10.0 Å². The van der Waals surface area contributed by atoms with Gasteiger partial charge in [-0.2, -0.15) is 0 Å². The minimum Gasteiger partial charge on any atom is -0.504 e. The molecule has 0 spiro atoms. The van der Waals surface area contributed by atoms with Gasteiger partial charge in [0.05, 0.1) is 13.4 Å². The molecule has 0 aliphatic carbocycles. The Morgan fingerprint density at radius 2 is 1.91 bits per heavy atom. The molecule has 0 N–H and O–H groups in total. The fourth-order valence-corrected chi connectivity index (χ4v) is 0.985. The first-order chi connectivity index (χ1) is 5.33. The number of rotatable bonds is 2. The molecule has 0 unspecified atom stereocenters. The van der Waals surface area contributed by atoms with E-state index < -0.39 is 0 Å². The molecule has 0 fully saturated rings. The van der Waals surface area contributed by atoms with Gasteiger partial charge in [0.2, 0.25) is 0 Å². The number of benzene rings is 1. The van der Waals surface area contributed by atoms with Crippen molar-refractivity contribution in [3.63, 3.8) is 0 Å². The third-order valence-corrected chi connectivity index (χ3v) is 1.80. The molecule has 0 aliphatic rings. The van der Waals surface area contributed by atoms with Gasteiger partial charge in [-0.05, 0) is 23.8 Å². The average Bonchev–Trinajstić information content (AvgIpc) is 2.04. The minimum absolute atomic E-state index is 1.09. The van der Waals surface area contributed by atoms with Gasteiger partial charge in [0.25, 0.3) is 0 Å². The molecule has 1 aromatic carbocycles. The van der Waals surface area contributed by atoms with Crippen molar-refractivity contribution in [2.45, 2.75) is 0 Å². The Hall–Kier alpha value is -0.760. The Morgan fingerprint density at radius 3 is 2.45 bits per heavy atom. The molecule has 0 atom stereocenters. The van der Waals surface area contributed by atoms with Crippen molar-refractivity contribution in [3.8, 4) is 0 Å². The first-order valence-electron chi connectivity index (χ1n) is 3.28. The van der Waals surface area contributed by atoms with Crippen molar-refractivity contribution < 1.29 is 4.74 Å². The summed E-state index contributed by atoms with van der Waals surface area (Å²) in [5.74, 6) is 0. The number of halogens is 1. The van der Waals surface area contributed by atoms with Gasteiger partial charge < -0.3 is 4.74 Å². The molecule has 0 bridgehead atoms. The smallest absolute Gasteiger partial charge is 0.0830 e. The average molecular weight is 213 g/mol. The van der Waals surface area contributed by atoms with Gasteiger partial charge in [-0.25, -0.2) is 0 Å². The van der Waals surface area contributed by atoms with Crippen molar-refractivity contribution in [2.24, 2.45) is 0 Å². The lowest BCUT2D eigenvalue weighted by molar-refractivity contribution is 0.341. The Bertz CT molecular complexity index is 238. The van der Waals surface area contributed by atoms with Crippen LogP contribution in [0.25, 0.3) is 6.08 Å². The summed E-state index contributed by atoms with van der Waals surface area (Å²) in [6, 6.07) is 8.02. The summed E-state index contributed by atoms with van der Waals surface area (Å²) in [6.07, 6.45) is 3.57. The van der Waals surface area contributed by atoms with Crippen molar-refractivity contribution in [1.82, 2.24) is 0 Å². The zero-order valence-electron chi connectivity index (χ0n) is 6.25. The molecule has 1 nitrogen and oxygen atoms in total. The zero-order valence-corrected chi connectivity index (χ0v) is 7.84. The highest BCUT2D eigenvalue weighted by molar-refractivity contribution is 9.10. The molecule has 0 radical (unpaired) electrons. The molecule has 11 heavy (non-hydrogen) atoms. The van der Waals surface area contributed by atoms with Crippen LogP contribution in [0, 0.1) is 0 Å². The molecule has 0 aliphatic heterocycles. The van der Waals surface area contributed by atoms with Crippen LogP contribution < -0.4 is 0 Å². The van der Waals surface area contributed by atoms with Crippen molar-refractivity contribution >= 4 is 22.0 Å². The van der Waals surface area contributed by atoms with E-state index in [1.54, 1.807) is 13.4 Å². The summed E-state index contributed by atoms with van der Waals surface area (Å²) in [7, 11) is 1.63. The first kappa shape index (κ1) is 8.34. The lowest BCUT2D eigenvalue weighted by Gasteiger charge is -1.92. The third-order valence-electron chi connectivity index (χ3n) is 1.27. The quantitative estimate of drug-likeness (QED) is 0.686.